The molecule has 0 radical (unpaired) electrons. The van der Waals surface area contributed by atoms with Gasteiger partial charge in [0, 0.05) is 23.2 Å². The van der Waals surface area contributed by atoms with Crippen LogP contribution >= 0.6 is 15.9 Å². The molecule has 0 saturated carbocycles. The molecule has 0 amide bonds. The van der Waals surface area contributed by atoms with Crippen molar-refractivity contribution in [3.05, 3.63) is 16.6 Å². The summed E-state index contributed by atoms with van der Waals surface area (Å²) in [5.41, 5.74) is 1.08. The van der Waals surface area contributed by atoms with E-state index in [0.29, 0.717) is 13.2 Å². The Morgan fingerprint density at radius 3 is 2.47 bits per heavy atom. The number of ether oxygens (including phenoxy) is 2. The summed E-state index contributed by atoms with van der Waals surface area (Å²) >= 11 is 3.57. The van der Waals surface area contributed by atoms with Crippen LogP contribution in [0, 0.1) is 0 Å². The van der Waals surface area contributed by atoms with Crippen molar-refractivity contribution in [3.8, 4) is 11.5 Å². The molecule has 106 valence electrons. The van der Waals surface area contributed by atoms with Crippen LogP contribution in [0.1, 0.15) is 39.0 Å². The number of nitrogens with one attached hydrogen (secondary N) is 1. The lowest BCUT2D eigenvalue weighted by atomic mass is 10.1. The molecule has 1 aromatic carbocycles. The summed E-state index contributed by atoms with van der Waals surface area (Å²) in [6.45, 7) is 4.50. The number of hydrogen-bond donors (Lipinski definition) is 1. The van der Waals surface area contributed by atoms with Gasteiger partial charge in [0.15, 0.2) is 11.5 Å². The molecule has 4 heteroatoms. The predicted octanol–water partition coefficient (Wildman–Crippen LogP) is 4.60. The highest BCUT2D eigenvalue weighted by molar-refractivity contribution is 9.10. The van der Waals surface area contributed by atoms with Crippen molar-refractivity contribution in [2.75, 3.05) is 25.1 Å². The van der Waals surface area contributed by atoms with Crippen molar-refractivity contribution >= 4 is 21.6 Å². The van der Waals surface area contributed by atoms with E-state index in [4.69, 9.17) is 9.47 Å². The van der Waals surface area contributed by atoms with Gasteiger partial charge in [0.1, 0.15) is 13.2 Å². The van der Waals surface area contributed by atoms with E-state index in [1.54, 1.807) is 0 Å². The van der Waals surface area contributed by atoms with Crippen LogP contribution in [0.5, 0.6) is 11.5 Å². The fraction of sp³-hybridized carbons (Fsp3) is 0.600. The first kappa shape index (κ1) is 14.5. The lowest BCUT2D eigenvalue weighted by molar-refractivity contribution is 0.171. The van der Waals surface area contributed by atoms with Crippen molar-refractivity contribution in [2.24, 2.45) is 0 Å². The van der Waals surface area contributed by atoms with Crippen LogP contribution in [0.4, 0.5) is 5.69 Å². The van der Waals surface area contributed by atoms with Crippen LogP contribution in [0.3, 0.4) is 0 Å². The van der Waals surface area contributed by atoms with E-state index < -0.39 is 0 Å². The molecule has 1 N–H and O–H groups in total. The quantitative estimate of drug-likeness (QED) is 0.742. The van der Waals surface area contributed by atoms with Gasteiger partial charge in [-0.2, -0.15) is 0 Å². The fourth-order valence-corrected chi connectivity index (χ4v) is 2.61. The minimum absolute atomic E-state index is 0.629. The van der Waals surface area contributed by atoms with Gasteiger partial charge >= 0.3 is 0 Å². The Bertz CT molecular complexity index is 409. The number of unbranched alkanes of at least 4 members (excludes halogenated alkanes) is 4. The molecule has 0 fully saturated rings. The molecule has 19 heavy (non-hydrogen) atoms. The van der Waals surface area contributed by atoms with Crippen molar-refractivity contribution in [1.29, 1.82) is 0 Å². The molecule has 1 aliphatic heterocycles. The molecule has 3 nitrogen and oxygen atoms in total. The second kappa shape index (κ2) is 7.63. The van der Waals surface area contributed by atoms with E-state index in [0.717, 1.165) is 28.2 Å². The zero-order chi connectivity index (χ0) is 13.5. The molecule has 1 aliphatic rings. The zero-order valence-electron chi connectivity index (χ0n) is 11.5. The molecule has 0 aliphatic carbocycles. The lowest BCUT2D eigenvalue weighted by Crippen LogP contribution is -2.15. The van der Waals surface area contributed by atoms with Crippen LogP contribution in [-0.2, 0) is 0 Å². The van der Waals surface area contributed by atoms with E-state index >= 15 is 0 Å². The lowest BCUT2D eigenvalue weighted by Gasteiger charge is -2.20. The highest BCUT2D eigenvalue weighted by Crippen LogP contribution is 2.38. The number of benzene rings is 1. The summed E-state index contributed by atoms with van der Waals surface area (Å²) in [6.07, 6.45) is 6.47. The minimum atomic E-state index is 0.629. The second-order valence-corrected chi connectivity index (χ2v) is 5.67. The Morgan fingerprint density at radius 2 is 1.74 bits per heavy atom. The van der Waals surface area contributed by atoms with Gasteiger partial charge in [-0.15, -0.1) is 0 Å². The van der Waals surface area contributed by atoms with Crippen molar-refractivity contribution in [2.45, 2.75) is 39.0 Å². The summed E-state index contributed by atoms with van der Waals surface area (Å²) in [5.74, 6) is 1.66. The normalized spacial score (nSPS) is 13.4. The first-order valence-electron chi connectivity index (χ1n) is 7.14. The van der Waals surface area contributed by atoms with E-state index in [9.17, 15) is 0 Å². The molecule has 0 atom stereocenters. The Kier molecular flexibility index (Phi) is 5.83. The standard InChI is InChI=1S/C15H22BrNO2/c1-2-3-4-5-6-7-17-13-11-15-14(10-12(13)16)18-8-9-19-15/h10-11,17H,2-9H2,1H3. The van der Waals surface area contributed by atoms with Crippen LogP contribution in [0.25, 0.3) is 0 Å². The largest absolute Gasteiger partial charge is 0.486 e. The smallest absolute Gasteiger partial charge is 0.163 e. The van der Waals surface area contributed by atoms with Gasteiger partial charge in [-0.3, -0.25) is 0 Å². The fourth-order valence-electron chi connectivity index (χ4n) is 2.15. The third-order valence-electron chi connectivity index (χ3n) is 3.23. The average molecular weight is 328 g/mol. The molecular formula is C15H22BrNO2. The number of hydrogen-bond acceptors (Lipinski definition) is 3. The Morgan fingerprint density at radius 1 is 1.05 bits per heavy atom. The third-order valence-corrected chi connectivity index (χ3v) is 3.88. The van der Waals surface area contributed by atoms with Crippen LogP contribution in [0.2, 0.25) is 0 Å². The maximum absolute atomic E-state index is 5.59. The number of fused-ring (bicyclic) bond motifs is 1. The summed E-state index contributed by atoms with van der Waals surface area (Å²) < 4.78 is 12.2. The highest BCUT2D eigenvalue weighted by atomic mass is 79.9. The topological polar surface area (TPSA) is 30.5 Å². The number of halogens is 1. The summed E-state index contributed by atoms with van der Waals surface area (Å²) in [4.78, 5) is 0. The summed E-state index contributed by atoms with van der Waals surface area (Å²) in [7, 11) is 0. The first-order valence-corrected chi connectivity index (χ1v) is 7.93. The van der Waals surface area contributed by atoms with E-state index in [1.165, 1.54) is 32.1 Å². The van der Waals surface area contributed by atoms with Gasteiger partial charge in [-0.1, -0.05) is 32.6 Å². The Balaban J connectivity index is 1.83. The summed E-state index contributed by atoms with van der Waals surface area (Å²) in [5, 5.41) is 3.46. The Hall–Kier alpha value is -0.900. The third kappa shape index (κ3) is 4.30. The van der Waals surface area contributed by atoms with E-state index in [2.05, 4.69) is 28.2 Å². The summed E-state index contributed by atoms with van der Waals surface area (Å²) in [6, 6.07) is 4.00. The van der Waals surface area contributed by atoms with Crippen molar-refractivity contribution < 1.29 is 9.47 Å². The molecule has 0 unspecified atom stereocenters. The van der Waals surface area contributed by atoms with Gasteiger partial charge < -0.3 is 14.8 Å². The van der Waals surface area contributed by atoms with E-state index in [1.807, 2.05) is 12.1 Å². The molecule has 0 bridgehead atoms. The monoisotopic (exact) mass is 327 g/mol. The molecule has 0 spiro atoms. The van der Waals surface area contributed by atoms with Crippen molar-refractivity contribution in [1.82, 2.24) is 0 Å². The zero-order valence-corrected chi connectivity index (χ0v) is 13.1. The van der Waals surface area contributed by atoms with Crippen molar-refractivity contribution in [3.63, 3.8) is 0 Å². The van der Waals surface area contributed by atoms with Gasteiger partial charge in [-0.25, -0.2) is 0 Å². The van der Waals surface area contributed by atoms with Crippen LogP contribution in [0.15, 0.2) is 16.6 Å². The van der Waals surface area contributed by atoms with Gasteiger partial charge in [0.2, 0.25) is 0 Å². The molecule has 0 saturated heterocycles. The van der Waals surface area contributed by atoms with E-state index in [-0.39, 0.29) is 0 Å². The SMILES string of the molecule is CCCCCCCNc1cc2c(cc1Br)OCCO2. The minimum Gasteiger partial charge on any atom is -0.486 e. The highest BCUT2D eigenvalue weighted by Gasteiger charge is 2.14. The van der Waals surface area contributed by atoms with Gasteiger partial charge in [-0.05, 0) is 22.4 Å². The first-order chi connectivity index (χ1) is 9.31. The number of anilines is 1. The maximum Gasteiger partial charge on any atom is 0.163 e. The molecular weight excluding hydrogens is 306 g/mol. The van der Waals surface area contributed by atoms with Gasteiger partial charge in [0.25, 0.3) is 0 Å². The molecule has 1 aromatic rings. The molecule has 2 rings (SSSR count). The predicted molar refractivity (Wildman–Crippen MR) is 82.4 cm³/mol. The number of rotatable bonds is 7. The Labute approximate surface area is 123 Å². The molecule has 1 heterocycles. The average Bonchev–Trinajstić information content (AvgIpc) is 2.43. The van der Waals surface area contributed by atoms with Crippen LogP contribution < -0.4 is 14.8 Å². The molecule has 0 aromatic heterocycles. The maximum atomic E-state index is 5.59. The van der Waals surface area contributed by atoms with Crippen LogP contribution in [-0.4, -0.2) is 19.8 Å². The van der Waals surface area contributed by atoms with Gasteiger partial charge in [0.05, 0.1) is 5.69 Å². The second-order valence-electron chi connectivity index (χ2n) is 4.82.